The van der Waals surface area contributed by atoms with Gasteiger partial charge in [-0.05, 0) is 74.6 Å². The molecule has 0 aliphatic carbocycles. The van der Waals surface area contributed by atoms with Gasteiger partial charge in [0.1, 0.15) is 0 Å². The molecule has 6 heteroatoms. The Balaban J connectivity index is 1.68. The molecule has 0 bridgehead atoms. The Bertz CT molecular complexity index is 1040. The predicted octanol–water partition coefficient (Wildman–Crippen LogP) is 4.69. The van der Waals surface area contributed by atoms with E-state index in [0.29, 0.717) is 11.8 Å². The number of rotatable bonds is 4. The summed E-state index contributed by atoms with van der Waals surface area (Å²) in [5.41, 5.74) is 5.60. The van der Waals surface area contributed by atoms with Crippen LogP contribution in [0, 0.1) is 20.8 Å². The molecule has 148 valence electrons. The number of aromatic nitrogens is 3. The van der Waals surface area contributed by atoms with E-state index in [1.54, 1.807) is 0 Å². The van der Waals surface area contributed by atoms with Crippen LogP contribution in [-0.4, -0.2) is 43.7 Å². The second kappa shape index (κ2) is 7.74. The van der Waals surface area contributed by atoms with Gasteiger partial charge in [-0.25, -0.2) is 0 Å². The minimum Gasteiger partial charge on any atom is -0.339 e. The Labute approximate surface area is 170 Å². The number of amides is 1. The van der Waals surface area contributed by atoms with Crippen LogP contribution in [0.5, 0.6) is 0 Å². The molecular formula is C22H28N4OS. The fraction of sp³-hybridized carbons (Fsp3) is 0.500. The lowest BCUT2D eigenvalue weighted by atomic mass is 10.0. The molecule has 1 atom stereocenters. The smallest absolute Gasteiger partial charge is 0.233 e. The highest BCUT2D eigenvalue weighted by Gasteiger charge is 2.25. The van der Waals surface area contributed by atoms with Crippen molar-refractivity contribution in [3.05, 3.63) is 34.9 Å². The van der Waals surface area contributed by atoms with Gasteiger partial charge in [0.25, 0.3) is 0 Å². The molecule has 0 N–H and O–H groups in total. The molecule has 3 aromatic rings. The number of likely N-dealkylation sites (tertiary alicyclic amines) is 1. The molecule has 0 saturated carbocycles. The number of carbonyl (C=O) groups excluding carboxylic acids is 1. The monoisotopic (exact) mass is 396 g/mol. The summed E-state index contributed by atoms with van der Waals surface area (Å²) in [7, 11) is 0. The fourth-order valence-electron chi connectivity index (χ4n) is 4.32. The molecule has 1 aliphatic heterocycles. The first-order valence-electron chi connectivity index (χ1n) is 10.2. The molecule has 4 rings (SSSR count). The van der Waals surface area contributed by atoms with Crippen LogP contribution in [0.4, 0.5) is 0 Å². The van der Waals surface area contributed by atoms with Crippen LogP contribution < -0.4 is 0 Å². The van der Waals surface area contributed by atoms with Gasteiger partial charge in [-0.1, -0.05) is 30.8 Å². The van der Waals surface area contributed by atoms with Gasteiger partial charge in [0.05, 0.1) is 11.3 Å². The molecule has 1 amide bonds. The topological polar surface area (TPSA) is 50.5 Å². The summed E-state index contributed by atoms with van der Waals surface area (Å²) in [4.78, 5) is 15.0. The Hall–Kier alpha value is -2.08. The van der Waals surface area contributed by atoms with Crippen molar-refractivity contribution < 1.29 is 4.79 Å². The molecule has 2 aromatic heterocycles. The SMILES string of the molecule is CCC1CCCCN1C(=O)CSc1nnc2c(C)cc3ccc(C)c(C)c3n12. The van der Waals surface area contributed by atoms with E-state index in [9.17, 15) is 4.79 Å². The Morgan fingerprint density at radius 2 is 2.00 bits per heavy atom. The molecule has 3 heterocycles. The van der Waals surface area contributed by atoms with E-state index in [2.05, 4.69) is 65.4 Å². The van der Waals surface area contributed by atoms with Crippen LogP contribution >= 0.6 is 11.8 Å². The third kappa shape index (κ3) is 3.28. The summed E-state index contributed by atoms with van der Waals surface area (Å²) < 4.78 is 2.14. The van der Waals surface area contributed by atoms with Crippen molar-refractivity contribution in [2.45, 2.75) is 64.6 Å². The van der Waals surface area contributed by atoms with E-state index < -0.39 is 0 Å². The number of carbonyl (C=O) groups is 1. The number of nitrogens with zero attached hydrogens (tertiary/aromatic N) is 4. The van der Waals surface area contributed by atoms with Gasteiger partial charge in [-0.2, -0.15) is 0 Å². The van der Waals surface area contributed by atoms with E-state index in [1.807, 2.05) is 0 Å². The normalized spacial score (nSPS) is 17.6. The average molecular weight is 397 g/mol. The van der Waals surface area contributed by atoms with Gasteiger partial charge in [-0.15, -0.1) is 10.2 Å². The van der Waals surface area contributed by atoms with E-state index in [4.69, 9.17) is 0 Å². The van der Waals surface area contributed by atoms with Crippen LogP contribution in [0.2, 0.25) is 0 Å². The number of aryl methyl sites for hydroxylation is 3. The molecular weight excluding hydrogens is 368 g/mol. The third-order valence-electron chi connectivity index (χ3n) is 6.06. The summed E-state index contributed by atoms with van der Waals surface area (Å²) in [6, 6.07) is 6.88. The minimum atomic E-state index is 0.221. The molecule has 5 nitrogen and oxygen atoms in total. The van der Waals surface area contributed by atoms with Gasteiger partial charge in [0.15, 0.2) is 10.8 Å². The Kier molecular flexibility index (Phi) is 5.32. The second-order valence-corrected chi connectivity index (χ2v) is 8.79. The van der Waals surface area contributed by atoms with Crippen LogP contribution in [-0.2, 0) is 4.79 Å². The van der Waals surface area contributed by atoms with Gasteiger partial charge in [0.2, 0.25) is 5.91 Å². The average Bonchev–Trinajstić information content (AvgIpc) is 3.13. The van der Waals surface area contributed by atoms with Gasteiger partial charge < -0.3 is 4.90 Å². The maximum Gasteiger partial charge on any atom is 0.233 e. The maximum absolute atomic E-state index is 12.9. The lowest BCUT2D eigenvalue weighted by Gasteiger charge is -2.35. The number of pyridine rings is 1. The summed E-state index contributed by atoms with van der Waals surface area (Å²) in [5.74, 6) is 0.635. The zero-order valence-electron chi connectivity index (χ0n) is 17.2. The summed E-state index contributed by atoms with van der Waals surface area (Å²) >= 11 is 1.51. The Morgan fingerprint density at radius 1 is 1.18 bits per heavy atom. The van der Waals surface area contributed by atoms with Crippen molar-refractivity contribution in [2.24, 2.45) is 0 Å². The van der Waals surface area contributed by atoms with Crippen LogP contribution in [0.15, 0.2) is 23.4 Å². The van der Waals surface area contributed by atoms with E-state index in [1.165, 1.54) is 34.7 Å². The zero-order valence-corrected chi connectivity index (χ0v) is 18.0. The summed E-state index contributed by atoms with van der Waals surface area (Å²) in [5, 5.41) is 10.9. The molecule has 1 unspecified atom stereocenters. The molecule has 0 spiro atoms. The molecule has 1 aliphatic rings. The number of benzene rings is 1. The van der Waals surface area contributed by atoms with Crippen LogP contribution in [0.25, 0.3) is 16.6 Å². The third-order valence-corrected chi connectivity index (χ3v) is 6.97. The van der Waals surface area contributed by atoms with E-state index in [0.717, 1.165) is 47.7 Å². The van der Waals surface area contributed by atoms with Crippen molar-refractivity contribution in [1.29, 1.82) is 0 Å². The number of hydrogen-bond donors (Lipinski definition) is 0. The molecule has 28 heavy (non-hydrogen) atoms. The zero-order chi connectivity index (χ0) is 19.8. The highest BCUT2D eigenvalue weighted by atomic mass is 32.2. The number of thioether (sulfide) groups is 1. The summed E-state index contributed by atoms with van der Waals surface area (Å²) in [6.07, 6.45) is 4.51. The summed E-state index contributed by atoms with van der Waals surface area (Å²) in [6.45, 7) is 9.40. The molecule has 1 saturated heterocycles. The van der Waals surface area contributed by atoms with Crippen LogP contribution in [0.1, 0.15) is 49.3 Å². The second-order valence-electron chi connectivity index (χ2n) is 7.85. The van der Waals surface area contributed by atoms with Gasteiger partial charge in [-0.3, -0.25) is 9.20 Å². The van der Waals surface area contributed by atoms with Crippen LogP contribution in [0.3, 0.4) is 0 Å². The standard InChI is InChI=1S/C22H28N4OS/c1-5-18-8-6-7-11-25(18)19(27)13-28-22-24-23-21-15(3)12-17-10-9-14(2)16(4)20(17)26(21)22/h9-10,12,18H,5-8,11,13H2,1-4H3. The van der Waals surface area contributed by atoms with Crippen molar-refractivity contribution in [1.82, 2.24) is 19.5 Å². The highest BCUT2D eigenvalue weighted by Crippen LogP contribution is 2.29. The van der Waals surface area contributed by atoms with Gasteiger partial charge in [0, 0.05) is 12.6 Å². The first kappa shape index (κ1) is 19.2. The number of fused-ring (bicyclic) bond motifs is 3. The fourth-order valence-corrected chi connectivity index (χ4v) is 5.14. The van der Waals surface area contributed by atoms with Crippen molar-refractivity contribution in [2.75, 3.05) is 12.3 Å². The molecule has 1 aromatic carbocycles. The van der Waals surface area contributed by atoms with E-state index in [-0.39, 0.29) is 5.91 Å². The lowest BCUT2D eigenvalue weighted by Crippen LogP contribution is -2.44. The van der Waals surface area contributed by atoms with Gasteiger partial charge >= 0.3 is 0 Å². The van der Waals surface area contributed by atoms with E-state index >= 15 is 0 Å². The van der Waals surface area contributed by atoms with Crippen molar-refractivity contribution in [3.63, 3.8) is 0 Å². The number of piperidine rings is 1. The van der Waals surface area contributed by atoms with Crippen molar-refractivity contribution >= 4 is 34.2 Å². The molecule has 0 radical (unpaired) electrons. The maximum atomic E-state index is 12.9. The first-order valence-corrected chi connectivity index (χ1v) is 11.2. The largest absolute Gasteiger partial charge is 0.339 e. The quantitative estimate of drug-likeness (QED) is 0.600. The van der Waals surface area contributed by atoms with Crippen molar-refractivity contribution in [3.8, 4) is 0 Å². The highest BCUT2D eigenvalue weighted by molar-refractivity contribution is 7.99. The first-order chi connectivity index (χ1) is 13.5. The number of hydrogen-bond acceptors (Lipinski definition) is 4. The lowest BCUT2D eigenvalue weighted by molar-refractivity contribution is -0.132. The Morgan fingerprint density at radius 3 is 2.79 bits per heavy atom. The minimum absolute atomic E-state index is 0.221. The predicted molar refractivity (Wildman–Crippen MR) is 115 cm³/mol. The molecule has 1 fully saturated rings.